The van der Waals surface area contributed by atoms with Gasteiger partial charge in [-0.25, -0.2) is 4.39 Å². The maximum atomic E-state index is 16.0. The SMILES string of the molecule is CC[C@H]1OC(=O)[C@H](C)[C@@H](O)[C@H](C)C(OC2OC(C)C[C@@H](N(C)C)C2O)[C@](C)(O)C[C@@H](C)CN(CCCNC(=O)[C@@]2(O)[C@H](C)CC3C4C[C@H](F)C5=CC(=O)C=C[C@]5(C)C4[C@@H](O)C[C@@]32C)[C@H](C)[C@@H](O)[C@]1(C)O. The molecule has 0 bridgehead atoms. The molecule has 0 aromatic rings. The van der Waals surface area contributed by atoms with Gasteiger partial charge in [0.25, 0.3) is 5.91 Å². The van der Waals surface area contributed by atoms with E-state index in [4.69, 9.17) is 14.2 Å². The Bertz CT molecular complexity index is 1950. The predicted molar refractivity (Wildman–Crippen MR) is 259 cm³/mol. The van der Waals surface area contributed by atoms with Gasteiger partial charge in [0.2, 0.25) is 0 Å². The molecular formula is C53H88FN3O13. The van der Waals surface area contributed by atoms with Gasteiger partial charge < -0.3 is 60.2 Å². The average Bonchev–Trinajstić information content (AvgIpc) is 3.48. The zero-order chi connectivity index (χ0) is 52.4. The Kier molecular flexibility index (Phi) is 17.1. The summed E-state index contributed by atoms with van der Waals surface area (Å²) in [6.45, 7) is 19.6. The van der Waals surface area contributed by atoms with Gasteiger partial charge in [0.1, 0.15) is 30.1 Å². The Hall–Kier alpha value is -2.42. The summed E-state index contributed by atoms with van der Waals surface area (Å²) in [5.41, 5.74) is -7.13. The second kappa shape index (κ2) is 21.1. The molecule has 4 aliphatic carbocycles. The van der Waals surface area contributed by atoms with E-state index in [-0.39, 0.29) is 81.0 Å². The van der Waals surface area contributed by atoms with Crippen LogP contribution in [0.2, 0.25) is 0 Å². The number of halogens is 1. The van der Waals surface area contributed by atoms with Gasteiger partial charge in [0, 0.05) is 54.4 Å². The van der Waals surface area contributed by atoms with E-state index >= 15 is 4.39 Å². The van der Waals surface area contributed by atoms with Crippen molar-refractivity contribution in [1.82, 2.24) is 15.1 Å². The molecule has 0 aromatic heterocycles. The Morgan fingerprint density at radius 1 is 0.957 bits per heavy atom. The van der Waals surface area contributed by atoms with Crippen LogP contribution >= 0.6 is 0 Å². The number of cyclic esters (lactones) is 1. The maximum Gasteiger partial charge on any atom is 0.311 e. The number of carbonyl (C=O) groups is 3. The zero-order valence-electron chi connectivity index (χ0n) is 44.0. The molecule has 7 unspecified atom stereocenters. The van der Waals surface area contributed by atoms with Crippen LogP contribution < -0.4 is 5.32 Å². The van der Waals surface area contributed by atoms with Crippen molar-refractivity contribution < 1.29 is 68.7 Å². The first kappa shape index (κ1) is 56.9. The number of amides is 1. The molecule has 6 rings (SSSR count). The lowest BCUT2D eigenvalue weighted by atomic mass is 9.46. The van der Waals surface area contributed by atoms with E-state index in [9.17, 15) is 50.1 Å². The third kappa shape index (κ3) is 10.2. The van der Waals surface area contributed by atoms with Crippen molar-refractivity contribution in [3.05, 3.63) is 23.8 Å². The van der Waals surface area contributed by atoms with Crippen molar-refractivity contribution in [2.45, 2.75) is 205 Å². The second-order valence-electron chi connectivity index (χ2n) is 24.0. The molecule has 0 aromatic carbocycles. The van der Waals surface area contributed by atoms with Crippen LogP contribution in [-0.4, -0.2) is 181 Å². The number of allylic oxidation sites excluding steroid dienone is 4. The number of aliphatic hydroxyl groups excluding tert-OH is 4. The predicted octanol–water partition coefficient (Wildman–Crippen LogP) is 3.06. The number of hydrogen-bond acceptors (Lipinski definition) is 15. The second-order valence-corrected chi connectivity index (χ2v) is 24.0. The number of carbonyl (C=O) groups excluding carboxylic acids is 3. The molecule has 2 heterocycles. The fourth-order valence-electron chi connectivity index (χ4n) is 14.7. The van der Waals surface area contributed by atoms with Crippen molar-refractivity contribution in [3.8, 4) is 0 Å². The molecule has 5 fully saturated rings. The van der Waals surface area contributed by atoms with Crippen molar-refractivity contribution in [2.24, 2.45) is 52.3 Å². The molecule has 8 N–H and O–H groups in total. The third-order valence-electron chi connectivity index (χ3n) is 18.6. The number of likely N-dealkylation sites (N-methyl/N-ethyl adjacent to an activating group) is 1. The summed E-state index contributed by atoms with van der Waals surface area (Å²) in [5.74, 6) is -5.63. The summed E-state index contributed by atoms with van der Waals surface area (Å²) in [7, 11) is 3.70. The van der Waals surface area contributed by atoms with E-state index in [0.717, 1.165) is 0 Å². The lowest BCUT2D eigenvalue weighted by molar-refractivity contribution is -0.299. The molecule has 2 aliphatic heterocycles. The molecule has 2 saturated heterocycles. The van der Waals surface area contributed by atoms with Gasteiger partial charge in [-0.2, -0.15) is 0 Å². The maximum absolute atomic E-state index is 16.0. The van der Waals surface area contributed by atoms with Crippen LogP contribution in [0.3, 0.4) is 0 Å². The van der Waals surface area contributed by atoms with E-state index in [1.54, 1.807) is 33.8 Å². The van der Waals surface area contributed by atoms with Gasteiger partial charge in [-0.1, -0.05) is 47.6 Å². The number of rotatable bonds is 9. The highest BCUT2D eigenvalue weighted by molar-refractivity contribution is 6.01. The summed E-state index contributed by atoms with van der Waals surface area (Å²) >= 11 is 0. The topological polar surface area (TPSA) is 239 Å². The quantitative estimate of drug-likeness (QED) is 0.122. The summed E-state index contributed by atoms with van der Waals surface area (Å²) in [6.07, 6.45) is -3.93. The van der Waals surface area contributed by atoms with Crippen molar-refractivity contribution >= 4 is 17.7 Å². The van der Waals surface area contributed by atoms with Crippen molar-refractivity contribution in [1.29, 1.82) is 0 Å². The number of alkyl halides is 1. The number of ketones is 1. The van der Waals surface area contributed by atoms with Gasteiger partial charge in [0.05, 0.1) is 35.9 Å². The lowest BCUT2D eigenvalue weighted by Crippen LogP contribution is -2.65. The number of nitrogens with zero attached hydrogens (tertiary/aromatic N) is 2. The Morgan fingerprint density at radius 3 is 2.24 bits per heavy atom. The highest BCUT2D eigenvalue weighted by Gasteiger charge is 2.71. The van der Waals surface area contributed by atoms with Crippen LogP contribution in [0.25, 0.3) is 0 Å². The molecule has 400 valence electrons. The third-order valence-corrected chi connectivity index (χ3v) is 18.6. The minimum Gasteiger partial charge on any atom is -0.459 e. The summed E-state index contributed by atoms with van der Waals surface area (Å²) < 4.78 is 34.6. The number of nitrogens with one attached hydrogen (secondary N) is 1. The number of hydrogen-bond donors (Lipinski definition) is 8. The first-order valence-electron chi connectivity index (χ1n) is 26.1. The Labute approximate surface area is 415 Å². The minimum absolute atomic E-state index is 0.0826. The van der Waals surface area contributed by atoms with Crippen LogP contribution in [-0.2, 0) is 28.6 Å². The molecule has 70 heavy (non-hydrogen) atoms. The lowest BCUT2D eigenvalue weighted by Gasteiger charge is -2.60. The first-order chi connectivity index (χ1) is 32.4. The molecule has 23 atom stereocenters. The summed E-state index contributed by atoms with van der Waals surface area (Å²) in [5, 5.41) is 87.3. The van der Waals surface area contributed by atoms with Crippen LogP contribution in [0.1, 0.15) is 121 Å². The molecule has 17 heteroatoms. The van der Waals surface area contributed by atoms with Crippen LogP contribution in [0.4, 0.5) is 4.39 Å². The van der Waals surface area contributed by atoms with E-state index < -0.39 is 118 Å². The molecule has 0 radical (unpaired) electrons. The van der Waals surface area contributed by atoms with Gasteiger partial charge in [-0.3, -0.25) is 19.3 Å². The molecular weight excluding hydrogens is 906 g/mol. The van der Waals surface area contributed by atoms with Crippen LogP contribution in [0.5, 0.6) is 0 Å². The number of fused-ring (bicyclic) bond motifs is 5. The fraction of sp³-hybridized carbons (Fsp3) is 0.868. The van der Waals surface area contributed by atoms with Crippen molar-refractivity contribution in [3.63, 3.8) is 0 Å². The smallest absolute Gasteiger partial charge is 0.311 e. The monoisotopic (exact) mass is 994 g/mol. The molecule has 6 aliphatic rings. The number of esters is 1. The van der Waals surface area contributed by atoms with E-state index in [1.807, 2.05) is 58.5 Å². The van der Waals surface area contributed by atoms with Crippen molar-refractivity contribution in [2.75, 3.05) is 33.7 Å². The van der Waals surface area contributed by atoms with Gasteiger partial charge in [-0.05, 0) is 135 Å². The van der Waals surface area contributed by atoms with E-state index in [2.05, 4.69) is 5.32 Å². The standard InChI is InChI=1S/C53H88FN3O13/c1-14-40-52(11,66)44(62)32(7)57(26-27(2)24-51(10,65)45(30(5)42(60)31(6)46(63)69-40)70-47-43(61)38(56(12)13)21-29(4)68-47)19-15-18-55-48(64)53(67)28(3)20-35-34-23-37(54)36-22-33(58)16-17-49(36,8)41(34)39(59)25-50(35,53)9/h16-17,22,27-32,34-35,37-45,47,59-62,65-67H,14-15,18-21,23-26H2,1-13H3,(H,55,64)/t27-,28-,29?,30+,31-,32-,34?,35?,37+,38-,39+,40-,41?,42+,43?,44-,45?,47?,49+,50+,51-,52-,53+/m1/s1. The van der Waals surface area contributed by atoms with Gasteiger partial charge in [0.15, 0.2) is 17.7 Å². The largest absolute Gasteiger partial charge is 0.459 e. The minimum atomic E-state index is -1.96. The highest BCUT2D eigenvalue weighted by atomic mass is 19.1. The molecule has 16 nitrogen and oxygen atoms in total. The Morgan fingerprint density at radius 2 is 1.61 bits per heavy atom. The van der Waals surface area contributed by atoms with Gasteiger partial charge in [-0.15, -0.1) is 0 Å². The van der Waals surface area contributed by atoms with E-state index in [0.29, 0.717) is 24.8 Å². The summed E-state index contributed by atoms with van der Waals surface area (Å²) in [6, 6.07) is -1.09. The number of ether oxygens (including phenoxy) is 3. The zero-order valence-corrected chi connectivity index (χ0v) is 44.0. The Balaban J connectivity index is 1.22. The average molecular weight is 994 g/mol. The molecule has 1 amide bonds. The van der Waals surface area contributed by atoms with Gasteiger partial charge >= 0.3 is 5.97 Å². The van der Waals surface area contributed by atoms with E-state index in [1.165, 1.54) is 26.0 Å². The molecule has 3 saturated carbocycles. The molecule has 0 spiro atoms. The van der Waals surface area contributed by atoms with Crippen LogP contribution in [0.15, 0.2) is 23.8 Å². The highest BCUT2D eigenvalue weighted by Crippen LogP contribution is 2.68. The number of aliphatic hydroxyl groups is 7. The summed E-state index contributed by atoms with van der Waals surface area (Å²) in [4.78, 5) is 44.4. The normalized spacial score (nSPS) is 49.7. The van der Waals surface area contributed by atoms with Crippen LogP contribution in [0, 0.1) is 52.3 Å². The fourth-order valence-corrected chi connectivity index (χ4v) is 14.7. The first-order valence-corrected chi connectivity index (χ1v) is 26.1.